The monoisotopic (exact) mass is 196 g/mol. The summed E-state index contributed by atoms with van der Waals surface area (Å²) in [4.78, 5) is 5.31. The fourth-order valence-electron chi connectivity index (χ4n) is 2.99. The molecule has 0 aromatic heterocycles. The first-order chi connectivity index (χ1) is 6.59. The summed E-state index contributed by atoms with van der Waals surface area (Å²) < 4.78 is 0. The quantitative estimate of drug-likeness (QED) is 0.664. The Morgan fingerprint density at radius 1 is 1.00 bits per heavy atom. The molecule has 2 rings (SSSR count). The Bertz CT molecular complexity index is 192. The van der Waals surface area contributed by atoms with Crippen LogP contribution in [-0.4, -0.2) is 47.6 Å². The number of rotatable bonds is 2. The first-order valence-electron chi connectivity index (χ1n) is 6.09. The Morgan fingerprint density at radius 2 is 1.71 bits per heavy atom. The van der Waals surface area contributed by atoms with Crippen molar-refractivity contribution in [3.8, 4) is 0 Å². The highest BCUT2D eigenvalue weighted by Gasteiger charge is 2.43. The van der Waals surface area contributed by atoms with Crippen molar-refractivity contribution >= 4 is 0 Å². The fourth-order valence-corrected chi connectivity index (χ4v) is 2.99. The maximum Gasteiger partial charge on any atom is 0.0163 e. The number of hydrogen-bond acceptors (Lipinski definition) is 2. The lowest BCUT2D eigenvalue weighted by Gasteiger charge is -2.56. The van der Waals surface area contributed by atoms with Gasteiger partial charge in [-0.1, -0.05) is 0 Å². The summed E-state index contributed by atoms with van der Waals surface area (Å²) in [5, 5.41) is 0. The van der Waals surface area contributed by atoms with E-state index in [2.05, 4.69) is 37.5 Å². The normalized spacial score (nSPS) is 34.7. The van der Waals surface area contributed by atoms with Crippen molar-refractivity contribution < 1.29 is 0 Å². The molecule has 2 heteroatoms. The highest BCUT2D eigenvalue weighted by Crippen LogP contribution is 2.34. The molecule has 0 saturated carbocycles. The average molecular weight is 196 g/mol. The van der Waals surface area contributed by atoms with Crippen molar-refractivity contribution in [2.24, 2.45) is 5.92 Å². The Balaban J connectivity index is 1.87. The van der Waals surface area contributed by atoms with E-state index in [1.54, 1.807) is 0 Å². The molecule has 2 fully saturated rings. The molecule has 0 N–H and O–H groups in total. The van der Waals surface area contributed by atoms with Gasteiger partial charge in [0.1, 0.15) is 0 Å². The van der Waals surface area contributed by atoms with Crippen LogP contribution >= 0.6 is 0 Å². The minimum atomic E-state index is 0.740. The van der Waals surface area contributed by atoms with Gasteiger partial charge in [-0.25, -0.2) is 0 Å². The van der Waals surface area contributed by atoms with Crippen LogP contribution in [0.3, 0.4) is 0 Å². The van der Waals surface area contributed by atoms with E-state index in [0.717, 1.165) is 24.0 Å². The Labute approximate surface area is 88.3 Å². The minimum absolute atomic E-state index is 0.740. The molecule has 0 amide bonds. The van der Waals surface area contributed by atoms with Gasteiger partial charge < -0.3 is 4.90 Å². The topological polar surface area (TPSA) is 6.48 Å². The van der Waals surface area contributed by atoms with Crippen LogP contribution in [0.25, 0.3) is 0 Å². The van der Waals surface area contributed by atoms with E-state index < -0.39 is 0 Å². The van der Waals surface area contributed by atoms with Crippen LogP contribution in [0.2, 0.25) is 0 Å². The van der Waals surface area contributed by atoms with Gasteiger partial charge in [0.25, 0.3) is 0 Å². The number of nitrogens with zero attached hydrogens (tertiary/aromatic N) is 2. The summed E-state index contributed by atoms with van der Waals surface area (Å²) in [6.07, 6.45) is 1.39. The first kappa shape index (κ1) is 10.4. The molecule has 2 aliphatic heterocycles. The number of hydrogen-bond donors (Lipinski definition) is 0. The van der Waals surface area contributed by atoms with Crippen LogP contribution in [0, 0.1) is 5.92 Å². The third-order valence-corrected chi connectivity index (χ3v) is 3.99. The largest absolute Gasteiger partial charge is 0.300 e. The molecule has 2 heterocycles. The predicted octanol–water partition coefficient (Wildman–Crippen LogP) is 1.81. The van der Waals surface area contributed by atoms with Crippen molar-refractivity contribution in [3.05, 3.63) is 0 Å². The fraction of sp³-hybridized carbons (Fsp3) is 1.00. The van der Waals surface area contributed by atoms with E-state index in [0.29, 0.717) is 0 Å². The second kappa shape index (κ2) is 3.82. The molecule has 14 heavy (non-hydrogen) atoms. The molecule has 0 radical (unpaired) electrons. The molecule has 0 aliphatic carbocycles. The molecular weight excluding hydrogens is 172 g/mol. The van der Waals surface area contributed by atoms with E-state index in [-0.39, 0.29) is 0 Å². The molecule has 2 unspecified atom stereocenters. The van der Waals surface area contributed by atoms with Crippen LogP contribution in [0.4, 0.5) is 0 Å². The van der Waals surface area contributed by atoms with Crippen molar-refractivity contribution in [1.29, 1.82) is 0 Å². The molecule has 2 aliphatic rings. The number of piperidine rings is 1. The van der Waals surface area contributed by atoms with Crippen LogP contribution in [0.1, 0.15) is 34.1 Å². The highest BCUT2D eigenvalue weighted by molar-refractivity contribution is 4.98. The van der Waals surface area contributed by atoms with Crippen LogP contribution < -0.4 is 0 Å². The predicted molar refractivity (Wildman–Crippen MR) is 60.4 cm³/mol. The third-order valence-electron chi connectivity index (χ3n) is 3.99. The average Bonchev–Trinajstić information content (AvgIpc) is 2.05. The van der Waals surface area contributed by atoms with Gasteiger partial charge in [-0.15, -0.1) is 0 Å². The van der Waals surface area contributed by atoms with Crippen molar-refractivity contribution in [2.45, 2.75) is 52.2 Å². The van der Waals surface area contributed by atoms with Crippen LogP contribution in [0.5, 0.6) is 0 Å². The van der Waals surface area contributed by atoms with Crippen molar-refractivity contribution in [3.63, 3.8) is 0 Å². The summed E-state index contributed by atoms with van der Waals surface area (Å²) in [7, 11) is 0. The lowest BCUT2D eigenvalue weighted by atomic mass is 9.81. The van der Waals surface area contributed by atoms with E-state index >= 15 is 0 Å². The summed E-state index contributed by atoms with van der Waals surface area (Å²) in [5.74, 6) is 0.966. The minimum Gasteiger partial charge on any atom is -0.300 e. The van der Waals surface area contributed by atoms with E-state index in [1.807, 2.05) is 0 Å². The van der Waals surface area contributed by atoms with E-state index in [9.17, 15) is 0 Å². The standard InChI is InChI=1S/C12H24N2/c1-9(2)13-6-5-12-11(7-13)8-14(12)10(3)4/h9-12H,5-8H2,1-4H3. The van der Waals surface area contributed by atoms with Gasteiger partial charge in [0.05, 0.1) is 0 Å². The maximum absolute atomic E-state index is 2.67. The molecule has 0 aromatic carbocycles. The van der Waals surface area contributed by atoms with E-state index in [1.165, 1.54) is 26.1 Å². The SMILES string of the molecule is CC(C)N1CCC2C(C1)CN2C(C)C. The molecule has 0 spiro atoms. The number of fused-ring (bicyclic) bond motifs is 1. The second-order valence-electron chi connectivity index (χ2n) is 5.50. The zero-order valence-electron chi connectivity index (χ0n) is 10.0. The van der Waals surface area contributed by atoms with Crippen molar-refractivity contribution in [2.75, 3.05) is 19.6 Å². The van der Waals surface area contributed by atoms with Gasteiger partial charge >= 0.3 is 0 Å². The summed E-state index contributed by atoms with van der Waals surface area (Å²) in [6, 6.07) is 2.40. The summed E-state index contributed by atoms with van der Waals surface area (Å²) in [6.45, 7) is 13.3. The first-order valence-corrected chi connectivity index (χ1v) is 6.09. The lowest BCUT2D eigenvalue weighted by Crippen LogP contribution is -2.65. The van der Waals surface area contributed by atoms with Gasteiger partial charge in [0, 0.05) is 31.2 Å². The van der Waals surface area contributed by atoms with Gasteiger partial charge in [0.2, 0.25) is 0 Å². The van der Waals surface area contributed by atoms with Crippen LogP contribution in [0.15, 0.2) is 0 Å². The summed E-state index contributed by atoms with van der Waals surface area (Å²) >= 11 is 0. The number of likely N-dealkylation sites (tertiary alicyclic amines) is 2. The van der Waals surface area contributed by atoms with Crippen LogP contribution in [-0.2, 0) is 0 Å². The van der Waals surface area contributed by atoms with Crippen molar-refractivity contribution in [1.82, 2.24) is 9.80 Å². The summed E-state index contributed by atoms with van der Waals surface area (Å²) in [5.41, 5.74) is 0. The van der Waals surface area contributed by atoms with Gasteiger partial charge in [-0.3, -0.25) is 4.90 Å². The van der Waals surface area contributed by atoms with Gasteiger partial charge in [-0.05, 0) is 46.6 Å². The zero-order chi connectivity index (χ0) is 10.3. The molecule has 0 bridgehead atoms. The molecule has 2 saturated heterocycles. The van der Waals surface area contributed by atoms with Gasteiger partial charge in [0.15, 0.2) is 0 Å². The third kappa shape index (κ3) is 1.70. The molecule has 2 atom stereocenters. The highest BCUT2D eigenvalue weighted by atomic mass is 15.3. The second-order valence-corrected chi connectivity index (χ2v) is 5.50. The Kier molecular flexibility index (Phi) is 2.85. The molecule has 2 nitrogen and oxygen atoms in total. The lowest BCUT2D eigenvalue weighted by molar-refractivity contribution is -0.0675. The zero-order valence-corrected chi connectivity index (χ0v) is 10.0. The van der Waals surface area contributed by atoms with E-state index in [4.69, 9.17) is 0 Å². The molecule has 0 aromatic rings. The maximum atomic E-state index is 2.67. The Hall–Kier alpha value is -0.0800. The molecular formula is C12H24N2. The van der Waals surface area contributed by atoms with Gasteiger partial charge in [-0.2, -0.15) is 0 Å². The Morgan fingerprint density at radius 3 is 2.21 bits per heavy atom. The molecule has 82 valence electrons. The smallest absolute Gasteiger partial charge is 0.0163 e.